The summed E-state index contributed by atoms with van der Waals surface area (Å²) < 4.78 is 2.57. The first-order valence-corrected chi connectivity index (χ1v) is 8.57. The highest BCUT2D eigenvalue weighted by molar-refractivity contribution is 9.11. The first kappa shape index (κ1) is 16.0. The highest BCUT2D eigenvalue weighted by Gasteiger charge is 2.38. The van der Waals surface area contributed by atoms with Crippen molar-refractivity contribution in [1.29, 1.82) is 0 Å². The average Bonchev–Trinajstić information content (AvgIpc) is 2.62. The average molecular weight is 469 g/mol. The summed E-state index contributed by atoms with van der Waals surface area (Å²) in [7, 11) is 0. The Balaban J connectivity index is 2.20. The lowest BCUT2D eigenvalue weighted by Gasteiger charge is -2.17. The van der Waals surface area contributed by atoms with Crippen LogP contribution in [0.15, 0.2) is 25.6 Å². The SMILES string of the molecule is CCCN1C(=O)CC(Nc2c(Br)cc(Br)cc2Br)C1=O. The quantitative estimate of drug-likeness (QED) is 0.681. The maximum atomic E-state index is 12.2. The summed E-state index contributed by atoms with van der Waals surface area (Å²) in [5.74, 6) is -0.266. The summed E-state index contributed by atoms with van der Waals surface area (Å²) in [6.45, 7) is 2.43. The molecule has 0 aromatic heterocycles. The van der Waals surface area contributed by atoms with E-state index in [2.05, 4.69) is 53.1 Å². The molecule has 1 atom stereocenters. The van der Waals surface area contributed by atoms with Crippen molar-refractivity contribution >= 4 is 65.3 Å². The summed E-state index contributed by atoms with van der Waals surface area (Å²) in [5, 5.41) is 3.15. The van der Waals surface area contributed by atoms with Gasteiger partial charge in [-0.3, -0.25) is 14.5 Å². The maximum absolute atomic E-state index is 12.2. The molecule has 2 rings (SSSR count). The number of likely N-dealkylation sites (tertiary alicyclic amines) is 1. The fourth-order valence-corrected chi connectivity index (χ4v) is 4.60. The Morgan fingerprint density at radius 1 is 1.25 bits per heavy atom. The zero-order chi connectivity index (χ0) is 14.9. The van der Waals surface area contributed by atoms with Crippen molar-refractivity contribution in [3.63, 3.8) is 0 Å². The van der Waals surface area contributed by atoms with Crippen LogP contribution in [0, 0.1) is 0 Å². The van der Waals surface area contributed by atoms with Crippen LogP contribution >= 0.6 is 47.8 Å². The molecule has 20 heavy (non-hydrogen) atoms. The summed E-state index contributed by atoms with van der Waals surface area (Å²) in [6, 6.07) is 3.28. The minimum Gasteiger partial charge on any atom is -0.371 e. The molecule has 4 nitrogen and oxygen atoms in total. The second-order valence-corrected chi connectivity index (χ2v) is 7.15. The number of hydrogen-bond donors (Lipinski definition) is 1. The number of hydrogen-bond acceptors (Lipinski definition) is 3. The molecule has 0 spiro atoms. The van der Waals surface area contributed by atoms with E-state index in [-0.39, 0.29) is 18.2 Å². The number of nitrogens with one attached hydrogen (secondary N) is 1. The molecule has 1 unspecified atom stereocenters. The van der Waals surface area contributed by atoms with Gasteiger partial charge in [0.25, 0.3) is 5.91 Å². The van der Waals surface area contributed by atoms with Gasteiger partial charge in [-0.1, -0.05) is 22.9 Å². The molecule has 1 aliphatic rings. The second-order valence-electron chi connectivity index (χ2n) is 4.53. The Morgan fingerprint density at radius 2 is 1.85 bits per heavy atom. The lowest BCUT2D eigenvalue weighted by atomic mass is 10.2. The van der Waals surface area contributed by atoms with Crippen LogP contribution in [-0.4, -0.2) is 29.3 Å². The Morgan fingerprint density at radius 3 is 2.40 bits per heavy atom. The van der Waals surface area contributed by atoms with Gasteiger partial charge in [0.05, 0.1) is 12.1 Å². The zero-order valence-electron chi connectivity index (χ0n) is 10.8. The van der Waals surface area contributed by atoms with Gasteiger partial charge in [0.15, 0.2) is 0 Å². The molecule has 108 valence electrons. The van der Waals surface area contributed by atoms with Gasteiger partial charge in [0, 0.05) is 20.0 Å². The topological polar surface area (TPSA) is 49.4 Å². The number of carbonyl (C=O) groups is 2. The summed E-state index contributed by atoms with van der Waals surface area (Å²) in [6.07, 6.45) is 0.976. The van der Waals surface area contributed by atoms with Gasteiger partial charge in [0.2, 0.25) is 5.91 Å². The molecular formula is C13H13Br3N2O2. The van der Waals surface area contributed by atoms with Crippen molar-refractivity contribution in [2.75, 3.05) is 11.9 Å². The molecule has 7 heteroatoms. The van der Waals surface area contributed by atoms with Crippen LogP contribution in [0.4, 0.5) is 5.69 Å². The van der Waals surface area contributed by atoms with E-state index in [4.69, 9.17) is 0 Å². The van der Waals surface area contributed by atoms with Crippen LogP contribution < -0.4 is 5.32 Å². The lowest BCUT2D eigenvalue weighted by molar-refractivity contribution is -0.138. The van der Waals surface area contributed by atoms with Crippen molar-refractivity contribution in [2.45, 2.75) is 25.8 Å². The van der Waals surface area contributed by atoms with Gasteiger partial charge in [-0.25, -0.2) is 0 Å². The normalized spacial score (nSPS) is 18.8. The third kappa shape index (κ3) is 3.26. The van der Waals surface area contributed by atoms with E-state index in [0.717, 1.165) is 25.5 Å². The van der Waals surface area contributed by atoms with E-state index in [1.807, 2.05) is 19.1 Å². The van der Waals surface area contributed by atoms with Gasteiger partial charge in [-0.15, -0.1) is 0 Å². The summed E-state index contributed by atoms with van der Waals surface area (Å²) in [4.78, 5) is 25.4. The van der Waals surface area contributed by atoms with E-state index in [0.29, 0.717) is 6.54 Å². The molecule has 1 aromatic rings. The Hall–Kier alpha value is -0.400. The summed E-state index contributed by atoms with van der Waals surface area (Å²) in [5.41, 5.74) is 0.776. The molecule has 1 aliphatic heterocycles. The molecule has 2 amide bonds. The highest BCUT2D eigenvalue weighted by Crippen LogP contribution is 2.35. The first-order valence-electron chi connectivity index (χ1n) is 6.19. The van der Waals surface area contributed by atoms with Crippen LogP contribution in [-0.2, 0) is 9.59 Å². The molecule has 0 aliphatic carbocycles. The molecule has 1 N–H and O–H groups in total. The van der Waals surface area contributed by atoms with E-state index >= 15 is 0 Å². The van der Waals surface area contributed by atoms with Crippen LogP contribution in [0.25, 0.3) is 0 Å². The number of nitrogens with zero attached hydrogens (tertiary/aromatic N) is 1. The molecule has 1 saturated heterocycles. The molecule has 0 radical (unpaired) electrons. The molecule has 1 fully saturated rings. The van der Waals surface area contributed by atoms with Crippen molar-refractivity contribution in [1.82, 2.24) is 4.90 Å². The third-order valence-electron chi connectivity index (χ3n) is 3.02. The van der Waals surface area contributed by atoms with Crippen LogP contribution in [0.1, 0.15) is 19.8 Å². The third-order valence-corrected chi connectivity index (χ3v) is 4.73. The van der Waals surface area contributed by atoms with Crippen molar-refractivity contribution in [3.05, 3.63) is 25.6 Å². The highest BCUT2D eigenvalue weighted by atomic mass is 79.9. The number of anilines is 1. The predicted molar refractivity (Wildman–Crippen MR) is 88.6 cm³/mol. The lowest BCUT2D eigenvalue weighted by Crippen LogP contribution is -2.35. The van der Waals surface area contributed by atoms with E-state index in [9.17, 15) is 9.59 Å². The minimum absolute atomic E-state index is 0.112. The molecule has 1 aromatic carbocycles. The van der Waals surface area contributed by atoms with Gasteiger partial charge in [0.1, 0.15) is 6.04 Å². The van der Waals surface area contributed by atoms with Gasteiger partial charge in [-0.2, -0.15) is 0 Å². The zero-order valence-corrected chi connectivity index (χ0v) is 15.5. The van der Waals surface area contributed by atoms with Crippen LogP contribution in [0.5, 0.6) is 0 Å². The van der Waals surface area contributed by atoms with Crippen LogP contribution in [0.3, 0.4) is 0 Å². The molecular weight excluding hydrogens is 456 g/mol. The van der Waals surface area contributed by atoms with Gasteiger partial charge < -0.3 is 5.32 Å². The largest absolute Gasteiger partial charge is 0.371 e. The predicted octanol–water partition coefficient (Wildman–Crippen LogP) is 3.92. The number of rotatable bonds is 4. The smallest absolute Gasteiger partial charge is 0.252 e. The van der Waals surface area contributed by atoms with Crippen molar-refractivity contribution in [3.8, 4) is 0 Å². The molecule has 0 bridgehead atoms. The Labute approximate surface area is 142 Å². The fourth-order valence-electron chi connectivity index (χ4n) is 2.11. The van der Waals surface area contributed by atoms with Crippen molar-refractivity contribution < 1.29 is 9.59 Å². The van der Waals surface area contributed by atoms with Gasteiger partial charge >= 0.3 is 0 Å². The van der Waals surface area contributed by atoms with Crippen LogP contribution in [0.2, 0.25) is 0 Å². The number of benzene rings is 1. The maximum Gasteiger partial charge on any atom is 0.252 e. The Kier molecular flexibility index (Phi) is 5.25. The fraction of sp³-hybridized carbons (Fsp3) is 0.385. The van der Waals surface area contributed by atoms with E-state index in [1.54, 1.807) is 0 Å². The number of imide groups is 1. The molecule has 1 heterocycles. The number of halogens is 3. The second kappa shape index (κ2) is 6.58. The van der Waals surface area contributed by atoms with E-state index in [1.165, 1.54) is 4.90 Å². The minimum atomic E-state index is -0.497. The standard InChI is InChI=1S/C13H13Br3N2O2/c1-2-3-18-11(19)6-10(13(18)20)17-12-8(15)4-7(14)5-9(12)16/h4-5,10,17H,2-3,6H2,1H3. The van der Waals surface area contributed by atoms with E-state index < -0.39 is 6.04 Å². The summed E-state index contributed by atoms with van der Waals surface area (Å²) >= 11 is 10.3. The monoisotopic (exact) mass is 466 g/mol. The molecule has 0 saturated carbocycles. The van der Waals surface area contributed by atoms with Gasteiger partial charge in [-0.05, 0) is 50.4 Å². The first-order chi connectivity index (χ1) is 9.43. The Bertz CT molecular complexity index is 540. The number of carbonyl (C=O) groups excluding carboxylic acids is 2. The number of amides is 2. The van der Waals surface area contributed by atoms with Crippen molar-refractivity contribution in [2.24, 2.45) is 0 Å².